The number of anilines is 1. The molecule has 0 saturated carbocycles. The number of nitrogens with one attached hydrogen (secondary N) is 1. The zero-order valence-electron chi connectivity index (χ0n) is 16.4. The molecule has 5 heteroatoms. The summed E-state index contributed by atoms with van der Waals surface area (Å²) in [6.07, 6.45) is 7.85. The van der Waals surface area contributed by atoms with Gasteiger partial charge < -0.3 is 10.1 Å². The highest BCUT2D eigenvalue weighted by atomic mass is 16.5. The second-order valence-electron chi connectivity index (χ2n) is 8.13. The summed E-state index contributed by atoms with van der Waals surface area (Å²) in [5.41, 5.74) is 4.19. The highest BCUT2D eigenvalue weighted by molar-refractivity contribution is 5.30. The van der Waals surface area contributed by atoms with E-state index in [2.05, 4.69) is 52.2 Å². The van der Waals surface area contributed by atoms with Crippen molar-refractivity contribution in [2.45, 2.75) is 57.7 Å². The molecule has 0 aliphatic carbocycles. The fourth-order valence-corrected chi connectivity index (χ4v) is 4.33. The van der Waals surface area contributed by atoms with Crippen molar-refractivity contribution in [3.8, 4) is 0 Å². The van der Waals surface area contributed by atoms with E-state index in [0.29, 0.717) is 6.04 Å². The maximum absolute atomic E-state index is 6.30. The van der Waals surface area contributed by atoms with E-state index in [1.165, 1.54) is 16.7 Å². The fraction of sp³-hybridized carbons (Fsp3) is 0.545. The van der Waals surface area contributed by atoms with Crippen LogP contribution in [0, 0.1) is 13.8 Å². The van der Waals surface area contributed by atoms with E-state index in [4.69, 9.17) is 4.74 Å². The number of piperidine rings is 1. The molecule has 0 unspecified atom stereocenters. The predicted molar refractivity (Wildman–Crippen MR) is 108 cm³/mol. The van der Waals surface area contributed by atoms with E-state index >= 15 is 0 Å². The van der Waals surface area contributed by atoms with Gasteiger partial charge in [0.1, 0.15) is 0 Å². The molecular weight excluding hydrogens is 336 g/mol. The maximum atomic E-state index is 6.30. The predicted octanol–water partition coefficient (Wildman–Crippen LogP) is 3.72. The maximum Gasteiger partial charge on any atom is 0.222 e. The first-order chi connectivity index (χ1) is 13.1. The number of hydrogen-bond donors (Lipinski definition) is 1. The summed E-state index contributed by atoms with van der Waals surface area (Å²) in [6, 6.07) is 9.08. The van der Waals surface area contributed by atoms with E-state index in [9.17, 15) is 0 Å². The molecule has 0 amide bonds. The largest absolute Gasteiger partial charge is 0.375 e. The minimum Gasteiger partial charge on any atom is -0.375 e. The summed E-state index contributed by atoms with van der Waals surface area (Å²) in [4.78, 5) is 11.2. The summed E-state index contributed by atoms with van der Waals surface area (Å²) in [7, 11) is 0. The van der Waals surface area contributed by atoms with Gasteiger partial charge in [-0.25, -0.2) is 9.97 Å². The molecule has 5 nitrogen and oxygen atoms in total. The smallest absolute Gasteiger partial charge is 0.222 e. The molecule has 1 aromatic heterocycles. The highest BCUT2D eigenvalue weighted by Gasteiger charge is 2.40. The lowest BCUT2D eigenvalue weighted by atomic mass is 9.82. The summed E-state index contributed by atoms with van der Waals surface area (Å²) in [6.45, 7) is 8.43. The Bertz CT molecular complexity index is 756. The normalized spacial score (nSPS) is 22.7. The summed E-state index contributed by atoms with van der Waals surface area (Å²) in [5.74, 6) is 0.728. The Balaban J connectivity index is 1.32. The number of benzene rings is 1. The van der Waals surface area contributed by atoms with Gasteiger partial charge in [-0.2, -0.15) is 0 Å². The number of rotatable bonds is 4. The van der Waals surface area contributed by atoms with Gasteiger partial charge >= 0.3 is 0 Å². The van der Waals surface area contributed by atoms with Gasteiger partial charge in [-0.1, -0.05) is 18.2 Å². The lowest BCUT2D eigenvalue weighted by Crippen LogP contribution is -2.51. The van der Waals surface area contributed by atoms with Crippen LogP contribution >= 0.6 is 0 Å². The molecule has 0 bridgehead atoms. The van der Waals surface area contributed by atoms with Crippen molar-refractivity contribution < 1.29 is 4.74 Å². The fourth-order valence-electron chi connectivity index (χ4n) is 4.33. The number of likely N-dealkylation sites (tertiary alicyclic amines) is 1. The molecule has 1 N–H and O–H groups in total. The van der Waals surface area contributed by atoms with E-state index in [-0.39, 0.29) is 5.60 Å². The SMILES string of the molecule is Cc1ccc(CN2CCC3(CC2)C[C@H](Nc2ncccn2)CCO3)cc1C. The van der Waals surface area contributed by atoms with E-state index < -0.39 is 0 Å². The summed E-state index contributed by atoms with van der Waals surface area (Å²) >= 11 is 0. The second kappa shape index (κ2) is 7.95. The summed E-state index contributed by atoms with van der Waals surface area (Å²) < 4.78 is 6.30. The van der Waals surface area contributed by atoms with Crippen molar-refractivity contribution >= 4 is 5.95 Å². The molecular formula is C22H30N4O. The van der Waals surface area contributed by atoms with Gasteiger partial charge in [0.05, 0.1) is 5.60 Å². The standard InChI is InChI=1S/C22H30N4O/c1-17-4-5-19(14-18(17)2)16-26-11-7-22(8-12-26)15-20(6-13-27-22)25-21-23-9-3-10-24-21/h3-5,9-10,14,20H,6-8,11-13,15-16H2,1-2H3,(H,23,24,25)/t20-/m1/s1. The van der Waals surface area contributed by atoms with Crippen molar-refractivity contribution in [3.05, 3.63) is 53.3 Å². The van der Waals surface area contributed by atoms with Crippen LogP contribution < -0.4 is 5.32 Å². The third-order valence-corrected chi connectivity index (χ3v) is 6.14. The van der Waals surface area contributed by atoms with E-state index in [1.54, 1.807) is 12.4 Å². The Labute approximate surface area is 162 Å². The van der Waals surface area contributed by atoms with Crippen LogP contribution in [0.3, 0.4) is 0 Å². The highest BCUT2D eigenvalue weighted by Crippen LogP contribution is 2.36. The van der Waals surface area contributed by atoms with Gasteiger partial charge in [0.25, 0.3) is 0 Å². The first kappa shape index (κ1) is 18.4. The Kier molecular flexibility index (Phi) is 5.41. The minimum atomic E-state index is 0.0182. The van der Waals surface area contributed by atoms with Crippen molar-refractivity contribution in [2.75, 3.05) is 25.0 Å². The molecule has 2 aliphatic heterocycles. The average Bonchev–Trinajstić information content (AvgIpc) is 2.68. The van der Waals surface area contributed by atoms with Crippen molar-refractivity contribution in [3.63, 3.8) is 0 Å². The number of nitrogens with zero attached hydrogens (tertiary/aromatic N) is 3. The molecule has 4 rings (SSSR count). The molecule has 2 aromatic rings. The topological polar surface area (TPSA) is 50.3 Å². The molecule has 27 heavy (non-hydrogen) atoms. The van der Waals surface area contributed by atoms with E-state index in [0.717, 1.165) is 57.9 Å². The van der Waals surface area contributed by atoms with Crippen LogP contribution in [0.4, 0.5) is 5.95 Å². The molecule has 3 heterocycles. The zero-order chi connectivity index (χ0) is 18.7. The first-order valence-electron chi connectivity index (χ1n) is 10.1. The Hall–Kier alpha value is -1.98. The lowest BCUT2D eigenvalue weighted by molar-refractivity contribution is -0.115. The Morgan fingerprint density at radius 2 is 1.93 bits per heavy atom. The number of aryl methyl sites for hydroxylation is 2. The van der Waals surface area contributed by atoms with Gasteiger partial charge in [0.2, 0.25) is 5.95 Å². The quantitative estimate of drug-likeness (QED) is 0.894. The lowest BCUT2D eigenvalue weighted by Gasteiger charge is -2.46. The van der Waals surface area contributed by atoms with Crippen molar-refractivity contribution in [2.24, 2.45) is 0 Å². The van der Waals surface area contributed by atoms with Crippen LogP contribution in [0.2, 0.25) is 0 Å². The molecule has 144 valence electrons. The van der Waals surface area contributed by atoms with E-state index in [1.807, 2.05) is 6.07 Å². The summed E-state index contributed by atoms with van der Waals surface area (Å²) in [5, 5.41) is 3.50. The second-order valence-corrected chi connectivity index (χ2v) is 8.13. The van der Waals surface area contributed by atoms with Gasteiger partial charge in [0, 0.05) is 44.7 Å². The molecule has 2 aliphatic rings. The Morgan fingerprint density at radius 3 is 2.67 bits per heavy atom. The van der Waals surface area contributed by atoms with Crippen LogP contribution in [-0.4, -0.2) is 46.2 Å². The van der Waals surface area contributed by atoms with Crippen LogP contribution in [0.5, 0.6) is 0 Å². The van der Waals surface area contributed by atoms with Crippen LogP contribution in [-0.2, 0) is 11.3 Å². The molecule has 1 atom stereocenters. The number of ether oxygens (including phenoxy) is 1. The Morgan fingerprint density at radius 1 is 1.15 bits per heavy atom. The third kappa shape index (κ3) is 4.47. The monoisotopic (exact) mass is 366 g/mol. The van der Waals surface area contributed by atoms with Crippen LogP contribution in [0.15, 0.2) is 36.7 Å². The third-order valence-electron chi connectivity index (χ3n) is 6.14. The molecule has 1 spiro atoms. The van der Waals surface area contributed by atoms with Crippen LogP contribution in [0.25, 0.3) is 0 Å². The molecule has 2 saturated heterocycles. The molecule has 0 radical (unpaired) electrons. The average molecular weight is 367 g/mol. The van der Waals surface area contributed by atoms with Crippen molar-refractivity contribution in [1.29, 1.82) is 0 Å². The molecule has 2 fully saturated rings. The van der Waals surface area contributed by atoms with Crippen LogP contribution in [0.1, 0.15) is 42.4 Å². The van der Waals surface area contributed by atoms with Gasteiger partial charge in [-0.3, -0.25) is 4.90 Å². The molecule has 1 aromatic carbocycles. The van der Waals surface area contributed by atoms with Gasteiger partial charge in [-0.15, -0.1) is 0 Å². The van der Waals surface area contributed by atoms with Crippen molar-refractivity contribution in [1.82, 2.24) is 14.9 Å². The van der Waals surface area contributed by atoms with Gasteiger partial charge in [-0.05, 0) is 62.3 Å². The first-order valence-corrected chi connectivity index (χ1v) is 10.1. The number of aromatic nitrogens is 2. The number of hydrogen-bond acceptors (Lipinski definition) is 5. The zero-order valence-corrected chi connectivity index (χ0v) is 16.4. The van der Waals surface area contributed by atoms with Gasteiger partial charge in [0.15, 0.2) is 0 Å². The minimum absolute atomic E-state index is 0.0182.